The maximum Gasteiger partial charge on any atom is 0.339 e. The molecule has 0 saturated carbocycles. The molecule has 2 rings (SSSR count). The SMILES string of the molecule is CCC(CC)NC(=O)COC(=O)c1ccccc1SCc1csc(C)n1. The lowest BCUT2D eigenvalue weighted by Gasteiger charge is -2.15. The van der Waals surface area contributed by atoms with Crippen LogP contribution >= 0.6 is 23.1 Å². The summed E-state index contributed by atoms with van der Waals surface area (Å²) in [5.41, 5.74) is 1.46. The van der Waals surface area contributed by atoms with Crippen LogP contribution in [0.3, 0.4) is 0 Å². The van der Waals surface area contributed by atoms with E-state index in [1.54, 1.807) is 23.5 Å². The normalized spacial score (nSPS) is 10.8. The van der Waals surface area contributed by atoms with Gasteiger partial charge in [0.05, 0.1) is 16.3 Å². The summed E-state index contributed by atoms with van der Waals surface area (Å²) in [6, 6.07) is 7.38. The van der Waals surface area contributed by atoms with Crippen molar-refractivity contribution in [3.63, 3.8) is 0 Å². The van der Waals surface area contributed by atoms with Gasteiger partial charge >= 0.3 is 5.97 Å². The van der Waals surface area contributed by atoms with Gasteiger partial charge in [-0.3, -0.25) is 4.79 Å². The Kier molecular flexibility index (Phi) is 8.12. The molecular weight excluding hydrogens is 368 g/mol. The van der Waals surface area contributed by atoms with Gasteiger partial charge in [-0.1, -0.05) is 26.0 Å². The molecule has 5 nitrogen and oxygen atoms in total. The number of nitrogens with one attached hydrogen (secondary N) is 1. The number of thioether (sulfide) groups is 1. The molecule has 0 spiro atoms. The van der Waals surface area contributed by atoms with Crippen molar-refractivity contribution in [1.29, 1.82) is 0 Å². The van der Waals surface area contributed by atoms with E-state index in [0.717, 1.165) is 28.4 Å². The standard InChI is InChI=1S/C19H24N2O3S2/c1-4-14(5-2)21-18(22)10-24-19(23)16-8-6-7-9-17(16)26-12-15-11-25-13(3)20-15/h6-9,11,14H,4-5,10,12H2,1-3H3,(H,21,22). The molecule has 1 N–H and O–H groups in total. The Labute approximate surface area is 162 Å². The first-order valence-electron chi connectivity index (χ1n) is 8.62. The van der Waals surface area contributed by atoms with Gasteiger partial charge in [0.25, 0.3) is 5.91 Å². The van der Waals surface area contributed by atoms with Crippen molar-refractivity contribution in [2.75, 3.05) is 6.61 Å². The molecule has 0 radical (unpaired) electrons. The van der Waals surface area contributed by atoms with E-state index in [2.05, 4.69) is 10.3 Å². The van der Waals surface area contributed by atoms with Crippen LogP contribution in [-0.4, -0.2) is 29.5 Å². The molecule has 0 atom stereocenters. The van der Waals surface area contributed by atoms with Crippen LogP contribution in [0.1, 0.15) is 47.7 Å². The second kappa shape index (κ2) is 10.3. The summed E-state index contributed by atoms with van der Waals surface area (Å²) < 4.78 is 5.20. The van der Waals surface area contributed by atoms with Crippen molar-refractivity contribution < 1.29 is 14.3 Å². The minimum Gasteiger partial charge on any atom is -0.452 e. The Hall–Kier alpha value is -1.86. The molecule has 26 heavy (non-hydrogen) atoms. The zero-order valence-electron chi connectivity index (χ0n) is 15.3. The number of nitrogens with zero attached hydrogens (tertiary/aromatic N) is 1. The van der Waals surface area contributed by atoms with Crippen LogP contribution < -0.4 is 5.32 Å². The third-order valence-electron chi connectivity index (χ3n) is 3.83. The molecule has 2 aromatic rings. The Morgan fingerprint density at radius 2 is 2.00 bits per heavy atom. The third kappa shape index (κ3) is 6.14. The summed E-state index contributed by atoms with van der Waals surface area (Å²) >= 11 is 3.15. The number of esters is 1. The van der Waals surface area contributed by atoms with Crippen LogP contribution in [0.2, 0.25) is 0 Å². The fraction of sp³-hybridized carbons (Fsp3) is 0.421. The van der Waals surface area contributed by atoms with E-state index in [1.807, 2.05) is 38.3 Å². The van der Waals surface area contributed by atoms with Crippen molar-refractivity contribution in [3.05, 3.63) is 45.9 Å². The van der Waals surface area contributed by atoms with Gasteiger partial charge in [0, 0.05) is 22.1 Å². The van der Waals surface area contributed by atoms with Crippen molar-refractivity contribution in [3.8, 4) is 0 Å². The zero-order chi connectivity index (χ0) is 18.9. The van der Waals surface area contributed by atoms with Gasteiger partial charge in [-0.2, -0.15) is 0 Å². The first-order chi connectivity index (χ1) is 12.5. The van der Waals surface area contributed by atoms with Gasteiger partial charge in [0.15, 0.2) is 6.61 Å². The van der Waals surface area contributed by atoms with Crippen LogP contribution in [0.15, 0.2) is 34.5 Å². The number of carbonyl (C=O) groups excluding carboxylic acids is 2. The molecule has 1 aromatic heterocycles. The smallest absolute Gasteiger partial charge is 0.339 e. The Bertz CT molecular complexity index is 742. The first-order valence-corrected chi connectivity index (χ1v) is 10.5. The summed E-state index contributed by atoms with van der Waals surface area (Å²) in [5, 5.41) is 5.90. The summed E-state index contributed by atoms with van der Waals surface area (Å²) in [7, 11) is 0. The molecule has 0 saturated heterocycles. The molecule has 0 aliphatic rings. The Balaban J connectivity index is 1.93. The van der Waals surface area contributed by atoms with Crippen LogP contribution in [0.4, 0.5) is 0 Å². The van der Waals surface area contributed by atoms with Crippen LogP contribution in [-0.2, 0) is 15.3 Å². The number of benzene rings is 1. The van der Waals surface area contributed by atoms with Gasteiger partial charge in [-0.05, 0) is 31.9 Å². The monoisotopic (exact) mass is 392 g/mol. The average Bonchev–Trinajstić information content (AvgIpc) is 3.08. The Morgan fingerprint density at radius 1 is 1.27 bits per heavy atom. The zero-order valence-corrected chi connectivity index (χ0v) is 16.9. The molecule has 0 aliphatic heterocycles. The molecular formula is C19H24N2O3S2. The third-order valence-corrected chi connectivity index (χ3v) is 5.76. The lowest BCUT2D eigenvalue weighted by atomic mass is 10.2. The largest absolute Gasteiger partial charge is 0.452 e. The lowest BCUT2D eigenvalue weighted by molar-refractivity contribution is -0.125. The molecule has 1 amide bonds. The average molecular weight is 393 g/mol. The minimum absolute atomic E-state index is 0.116. The van der Waals surface area contributed by atoms with Crippen molar-refractivity contribution in [2.45, 2.75) is 50.3 Å². The number of ether oxygens (including phenoxy) is 1. The van der Waals surface area contributed by atoms with E-state index < -0.39 is 5.97 Å². The maximum absolute atomic E-state index is 12.4. The predicted octanol–water partition coefficient (Wildman–Crippen LogP) is 4.21. The van der Waals surface area contributed by atoms with E-state index in [0.29, 0.717) is 11.3 Å². The van der Waals surface area contributed by atoms with Crippen LogP contribution in [0.5, 0.6) is 0 Å². The highest BCUT2D eigenvalue weighted by Gasteiger charge is 2.16. The second-order valence-electron chi connectivity index (χ2n) is 5.80. The van der Waals surface area contributed by atoms with E-state index >= 15 is 0 Å². The van der Waals surface area contributed by atoms with E-state index in [4.69, 9.17) is 4.74 Å². The number of hydrogen-bond acceptors (Lipinski definition) is 6. The van der Waals surface area contributed by atoms with Crippen molar-refractivity contribution in [2.24, 2.45) is 0 Å². The molecule has 7 heteroatoms. The van der Waals surface area contributed by atoms with Crippen LogP contribution in [0.25, 0.3) is 0 Å². The van der Waals surface area contributed by atoms with Gasteiger partial charge in [0.2, 0.25) is 0 Å². The molecule has 1 heterocycles. The molecule has 0 unspecified atom stereocenters. The number of thiazole rings is 1. The maximum atomic E-state index is 12.4. The lowest BCUT2D eigenvalue weighted by Crippen LogP contribution is -2.36. The van der Waals surface area contributed by atoms with Gasteiger partial charge in [0.1, 0.15) is 0 Å². The van der Waals surface area contributed by atoms with Crippen molar-refractivity contribution in [1.82, 2.24) is 10.3 Å². The summed E-state index contributed by atoms with van der Waals surface area (Å²) in [6.45, 7) is 5.73. The highest BCUT2D eigenvalue weighted by molar-refractivity contribution is 7.98. The molecule has 140 valence electrons. The van der Waals surface area contributed by atoms with Gasteiger partial charge in [-0.15, -0.1) is 23.1 Å². The van der Waals surface area contributed by atoms with Crippen LogP contribution in [0, 0.1) is 6.92 Å². The second-order valence-corrected chi connectivity index (χ2v) is 7.88. The summed E-state index contributed by atoms with van der Waals surface area (Å²) in [6.07, 6.45) is 1.71. The number of aryl methyl sites for hydroxylation is 1. The summed E-state index contributed by atoms with van der Waals surface area (Å²) in [5.74, 6) is -0.0681. The minimum atomic E-state index is -0.484. The van der Waals surface area contributed by atoms with Gasteiger partial charge < -0.3 is 10.1 Å². The molecule has 0 aliphatic carbocycles. The van der Waals surface area contributed by atoms with E-state index in [9.17, 15) is 9.59 Å². The number of amides is 1. The fourth-order valence-electron chi connectivity index (χ4n) is 2.36. The topological polar surface area (TPSA) is 68.3 Å². The van der Waals surface area contributed by atoms with E-state index in [-0.39, 0.29) is 18.6 Å². The molecule has 0 bridgehead atoms. The molecule has 0 fully saturated rings. The number of aromatic nitrogens is 1. The highest BCUT2D eigenvalue weighted by atomic mass is 32.2. The predicted molar refractivity (Wildman–Crippen MR) is 106 cm³/mol. The Morgan fingerprint density at radius 3 is 2.65 bits per heavy atom. The van der Waals surface area contributed by atoms with Gasteiger partial charge in [-0.25, -0.2) is 9.78 Å². The first kappa shape index (κ1) is 20.5. The van der Waals surface area contributed by atoms with E-state index in [1.165, 1.54) is 11.8 Å². The number of carbonyl (C=O) groups is 2. The summed E-state index contributed by atoms with van der Waals surface area (Å²) in [4.78, 5) is 29.5. The van der Waals surface area contributed by atoms with Crippen molar-refractivity contribution >= 4 is 35.0 Å². The highest BCUT2D eigenvalue weighted by Crippen LogP contribution is 2.27. The number of rotatable bonds is 9. The number of hydrogen-bond donors (Lipinski definition) is 1. The molecule has 1 aromatic carbocycles. The fourth-order valence-corrected chi connectivity index (χ4v) is 4.01. The quantitative estimate of drug-likeness (QED) is 0.511.